The van der Waals surface area contributed by atoms with Gasteiger partial charge >= 0.3 is 0 Å². The smallest absolute Gasteiger partial charge is 0.269 e. The molecule has 296 valence electrons. The summed E-state index contributed by atoms with van der Waals surface area (Å²) in [6.45, 7) is 3.38. The lowest BCUT2D eigenvalue weighted by atomic mass is 10.1. The number of fused-ring (bicyclic) bond motifs is 2. The van der Waals surface area contributed by atoms with E-state index in [0.717, 1.165) is 16.7 Å². The molecule has 0 saturated heterocycles. The van der Waals surface area contributed by atoms with Crippen LogP contribution in [0.1, 0.15) is 67.7 Å². The van der Waals surface area contributed by atoms with E-state index >= 15 is 0 Å². The summed E-state index contributed by atoms with van der Waals surface area (Å²) in [5.41, 5.74) is 15.6. The van der Waals surface area contributed by atoms with Crippen molar-refractivity contribution >= 4 is 33.6 Å². The number of nitrogens with two attached hydrogens (primary N) is 2. The number of oxazole rings is 1. The molecule has 0 radical (unpaired) electrons. The van der Waals surface area contributed by atoms with E-state index in [9.17, 15) is 19.8 Å². The van der Waals surface area contributed by atoms with Crippen molar-refractivity contribution in [2.24, 2.45) is 11.5 Å². The van der Waals surface area contributed by atoms with Crippen molar-refractivity contribution in [1.29, 1.82) is 0 Å². The third-order valence-electron chi connectivity index (χ3n) is 8.19. The molecular weight excluding hydrogens is 763 g/mol. The number of aliphatic hydroxyl groups is 2. The number of nitrogens with zero attached hydrogens (tertiary/aromatic N) is 7. The number of carbonyl (C=O) groups is 2. The third kappa shape index (κ3) is 9.61. The van der Waals surface area contributed by atoms with Gasteiger partial charge in [-0.2, -0.15) is 15.2 Å². The van der Waals surface area contributed by atoms with Crippen molar-refractivity contribution < 1.29 is 28.7 Å². The number of primary amides is 2. The fraction of sp³-hybridized carbons (Fsp3) is 0.0889. The Labute approximate surface area is 343 Å². The fourth-order valence-corrected chi connectivity index (χ4v) is 5.68. The lowest BCUT2D eigenvalue weighted by molar-refractivity contribution is 0.0988. The van der Waals surface area contributed by atoms with Crippen LogP contribution in [0.3, 0.4) is 0 Å². The van der Waals surface area contributed by atoms with Crippen molar-refractivity contribution in [3.8, 4) is 60.7 Å². The van der Waals surface area contributed by atoms with E-state index in [2.05, 4.69) is 74.7 Å². The van der Waals surface area contributed by atoms with Gasteiger partial charge in [0, 0.05) is 28.8 Å². The Balaban J connectivity index is 0.000000210. The molecular formula is C45H35N9O6. The molecule has 0 aliphatic heterocycles. The van der Waals surface area contributed by atoms with Crippen LogP contribution >= 0.6 is 0 Å². The van der Waals surface area contributed by atoms with Gasteiger partial charge in [0.25, 0.3) is 11.8 Å². The maximum Gasteiger partial charge on any atom is 0.269 e. The van der Waals surface area contributed by atoms with Crippen molar-refractivity contribution in [3.63, 3.8) is 0 Å². The second-order valence-electron chi connectivity index (χ2n) is 12.2. The van der Waals surface area contributed by atoms with Crippen LogP contribution in [0.15, 0.2) is 112 Å². The Bertz CT molecular complexity index is 2780. The lowest BCUT2D eigenvalue weighted by Gasteiger charge is -2.04. The van der Waals surface area contributed by atoms with Gasteiger partial charge in [-0.1, -0.05) is 77.4 Å². The van der Waals surface area contributed by atoms with E-state index in [1.807, 2.05) is 72.8 Å². The summed E-state index contributed by atoms with van der Waals surface area (Å²) in [5.74, 6) is 11.2. The minimum absolute atomic E-state index is 0.116. The summed E-state index contributed by atoms with van der Waals surface area (Å²) in [5, 5.41) is 33.9. The van der Waals surface area contributed by atoms with Gasteiger partial charge in [-0.25, -0.2) is 14.3 Å². The number of hydrogen-bond acceptors (Lipinski definition) is 11. The monoisotopic (exact) mass is 797 g/mol. The van der Waals surface area contributed by atoms with Crippen molar-refractivity contribution in [1.82, 2.24) is 34.7 Å². The number of carbonyl (C=O) groups excluding carboxylic acids is 2. The highest BCUT2D eigenvalue weighted by Gasteiger charge is 2.17. The molecule has 2 atom stereocenters. The summed E-state index contributed by atoms with van der Waals surface area (Å²) in [6, 6.07) is 29.2. The molecule has 0 saturated carbocycles. The molecule has 8 rings (SSSR count). The number of aromatic nitrogens is 7. The molecule has 0 fully saturated rings. The van der Waals surface area contributed by atoms with E-state index < -0.39 is 24.0 Å². The molecule has 2 amide bonds. The normalized spacial score (nSPS) is 11.1. The predicted octanol–water partition coefficient (Wildman–Crippen LogP) is 4.91. The van der Waals surface area contributed by atoms with E-state index in [1.165, 1.54) is 6.20 Å². The number of terminal acetylenes is 2. The first-order valence-corrected chi connectivity index (χ1v) is 17.6. The number of benzene rings is 4. The van der Waals surface area contributed by atoms with Crippen LogP contribution in [0.4, 0.5) is 0 Å². The van der Waals surface area contributed by atoms with Crippen LogP contribution in [-0.2, 0) is 0 Å². The number of amides is 2. The van der Waals surface area contributed by atoms with Gasteiger partial charge in [0.15, 0.2) is 23.6 Å². The van der Waals surface area contributed by atoms with Crippen LogP contribution in [0.2, 0.25) is 0 Å². The van der Waals surface area contributed by atoms with Crippen LogP contribution in [0, 0.1) is 63.2 Å². The first-order valence-electron chi connectivity index (χ1n) is 17.6. The van der Waals surface area contributed by atoms with E-state index in [0.29, 0.717) is 39.2 Å². The minimum Gasteiger partial charge on any atom is -0.442 e. The molecule has 4 aromatic heterocycles. The molecule has 6 N–H and O–H groups in total. The second-order valence-corrected chi connectivity index (χ2v) is 12.2. The Hall–Kier alpha value is -8.73. The molecule has 0 aliphatic rings. The quantitative estimate of drug-likeness (QED) is 0.165. The zero-order chi connectivity index (χ0) is 43.3. The summed E-state index contributed by atoms with van der Waals surface area (Å²) >= 11 is 0. The topological polar surface area (TPSA) is 227 Å². The standard InChI is InChI=1S/C21H16N4O3.C20H15N5O3.2C2H2/c1-13-12-23-21(28-13)18(26)10-9-14-5-4-6-15(11-14)25-17-8-3-2-7-16(17)19(24-25)20(22)27;1-12-22-20(24-28-12)17(26)10-9-13-5-4-6-14(11-13)25-16-8-3-2-7-15(16)18(23-25)19(21)27;2*1-2/h2-8,11-12,18,26H,1H3,(H2,22,27);2-8,11,17,26H,1H3,(H2,21,27);2*1-2H/t18-;17-;;/m11../s1. The zero-order valence-corrected chi connectivity index (χ0v) is 32.1. The predicted molar refractivity (Wildman–Crippen MR) is 223 cm³/mol. The van der Waals surface area contributed by atoms with Crippen molar-refractivity contribution in [2.45, 2.75) is 26.1 Å². The van der Waals surface area contributed by atoms with Crippen LogP contribution < -0.4 is 11.5 Å². The van der Waals surface area contributed by atoms with Crippen LogP contribution in [0.5, 0.6) is 0 Å². The van der Waals surface area contributed by atoms with Gasteiger partial charge in [-0.3, -0.25) is 9.59 Å². The van der Waals surface area contributed by atoms with Gasteiger partial charge in [-0.15, -0.1) is 25.7 Å². The molecule has 8 aromatic rings. The highest BCUT2D eigenvalue weighted by molar-refractivity contribution is 6.05. The average molecular weight is 798 g/mol. The Kier molecular flexibility index (Phi) is 13.7. The van der Waals surface area contributed by atoms with Crippen molar-refractivity contribution in [2.75, 3.05) is 0 Å². The Morgan fingerprint density at radius 3 is 1.62 bits per heavy atom. The number of aliphatic hydroxyl groups excluding tert-OH is 2. The van der Waals surface area contributed by atoms with E-state index in [-0.39, 0.29) is 23.1 Å². The first-order chi connectivity index (χ1) is 29.0. The molecule has 60 heavy (non-hydrogen) atoms. The maximum absolute atomic E-state index is 11.7. The molecule has 0 bridgehead atoms. The maximum atomic E-state index is 11.7. The van der Waals surface area contributed by atoms with Crippen molar-refractivity contribution in [3.05, 3.63) is 149 Å². The summed E-state index contributed by atoms with van der Waals surface area (Å²) in [6.07, 6.45) is 15.2. The van der Waals surface area contributed by atoms with E-state index in [1.54, 1.807) is 47.5 Å². The van der Waals surface area contributed by atoms with Crippen LogP contribution in [0.25, 0.3) is 33.2 Å². The lowest BCUT2D eigenvalue weighted by Crippen LogP contribution is -2.12. The van der Waals surface area contributed by atoms with Gasteiger partial charge in [0.05, 0.1) is 28.6 Å². The highest BCUT2D eigenvalue weighted by atomic mass is 16.5. The van der Waals surface area contributed by atoms with Gasteiger partial charge < -0.3 is 30.6 Å². The first kappa shape index (κ1) is 42.4. The Morgan fingerprint density at radius 1 is 0.700 bits per heavy atom. The van der Waals surface area contributed by atoms with Gasteiger partial charge in [-0.05, 0) is 55.5 Å². The minimum atomic E-state index is -1.16. The SMILES string of the molecule is C#C.C#C.Cc1cnc([C@H](O)C#Cc2cccc(-n3nc(C(N)=O)c4ccccc43)c2)o1.Cc1nc([C@H](O)C#Cc2cccc(-n3nc(C(N)=O)c4ccccc43)c2)no1. The number of aryl methyl sites for hydroxylation is 2. The van der Waals surface area contributed by atoms with Crippen LogP contribution in [-0.4, -0.2) is 56.7 Å². The zero-order valence-electron chi connectivity index (χ0n) is 32.1. The summed E-state index contributed by atoms with van der Waals surface area (Å²) < 4.78 is 13.4. The summed E-state index contributed by atoms with van der Waals surface area (Å²) in [7, 11) is 0. The Morgan fingerprint density at radius 2 is 1.18 bits per heavy atom. The molecule has 4 aromatic carbocycles. The van der Waals surface area contributed by atoms with Gasteiger partial charge in [0.1, 0.15) is 5.76 Å². The molecule has 15 heteroatoms. The molecule has 15 nitrogen and oxygen atoms in total. The second kappa shape index (κ2) is 19.4. The number of para-hydroxylation sites is 2. The number of hydrogen-bond donors (Lipinski definition) is 4. The molecule has 4 heterocycles. The molecule has 0 unspecified atom stereocenters. The molecule has 0 spiro atoms. The number of rotatable bonds is 6. The van der Waals surface area contributed by atoms with Gasteiger partial charge in [0.2, 0.25) is 17.6 Å². The average Bonchev–Trinajstić information content (AvgIpc) is 4.09. The third-order valence-corrected chi connectivity index (χ3v) is 8.19. The summed E-state index contributed by atoms with van der Waals surface area (Å²) in [4.78, 5) is 31.4. The largest absolute Gasteiger partial charge is 0.442 e. The highest BCUT2D eigenvalue weighted by Crippen LogP contribution is 2.24. The van der Waals surface area contributed by atoms with E-state index in [4.69, 9.17) is 20.4 Å². The molecule has 0 aliphatic carbocycles. The fourth-order valence-electron chi connectivity index (χ4n) is 5.68.